The molecule has 0 unspecified atom stereocenters. The molecule has 0 saturated heterocycles. The lowest BCUT2D eigenvalue weighted by molar-refractivity contribution is -0.145. The molecule has 1 atom stereocenters. The second kappa shape index (κ2) is 5.44. The average Bonchev–Trinajstić information content (AvgIpc) is 2.95. The van der Waals surface area contributed by atoms with Gasteiger partial charge < -0.3 is 14.8 Å². The Hall–Kier alpha value is -1.95. The van der Waals surface area contributed by atoms with Crippen LogP contribution in [-0.2, 0) is 45.1 Å². The van der Waals surface area contributed by atoms with E-state index in [1.165, 1.54) is 14.0 Å². The highest BCUT2D eigenvalue weighted by molar-refractivity contribution is 5.88. The van der Waals surface area contributed by atoms with E-state index >= 15 is 0 Å². The number of carbonyl (C=O) groups excluding carboxylic acids is 2. The summed E-state index contributed by atoms with van der Waals surface area (Å²) in [6.45, 7) is 2.44. The molecule has 112 valence electrons. The number of aromatic nitrogens is 1. The minimum absolute atomic E-state index is 0.111. The Labute approximate surface area is 122 Å². The van der Waals surface area contributed by atoms with Crippen molar-refractivity contribution < 1.29 is 19.1 Å². The molecule has 2 heterocycles. The van der Waals surface area contributed by atoms with Gasteiger partial charge in [0.15, 0.2) is 0 Å². The summed E-state index contributed by atoms with van der Waals surface area (Å²) in [5.41, 5.74) is 4.08. The maximum atomic E-state index is 11.8. The molecule has 1 amide bonds. The van der Waals surface area contributed by atoms with Crippen molar-refractivity contribution in [1.29, 1.82) is 0 Å². The molecule has 1 aromatic rings. The lowest BCUT2D eigenvalue weighted by atomic mass is 9.83. The minimum Gasteiger partial charge on any atom is -0.469 e. The molecule has 6 nitrogen and oxygen atoms in total. The van der Waals surface area contributed by atoms with Crippen molar-refractivity contribution in [3.05, 3.63) is 22.4 Å². The van der Waals surface area contributed by atoms with E-state index < -0.39 is 0 Å². The maximum Gasteiger partial charge on any atom is 0.309 e. The van der Waals surface area contributed by atoms with Crippen molar-refractivity contribution in [3.8, 4) is 0 Å². The number of esters is 1. The van der Waals surface area contributed by atoms with Crippen LogP contribution in [0.15, 0.2) is 0 Å². The quantitative estimate of drug-likeness (QED) is 0.832. The molecule has 0 radical (unpaired) electrons. The lowest BCUT2D eigenvalue weighted by Gasteiger charge is -2.25. The monoisotopic (exact) mass is 290 g/mol. The molecule has 0 bridgehead atoms. The summed E-state index contributed by atoms with van der Waals surface area (Å²) >= 11 is 0. The molecule has 1 aromatic heterocycles. The van der Waals surface area contributed by atoms with Crippen molar-refractivity contribution in [3.63, 3.8) is 0 Å². The summed E-state index contributed by atoms with van der Waals surface area (Å²) in [5.74, 6) is 0.185. The molecular formula is C15H18N2O4. The Morgan fingerprint density at radius 2 is 2.05 bits per heavy atom. The van der Waals surface area contributed by atoms with Crippen LogP contribution in [0.3, 0.4) is 0 Å². The molecule has 0 fully saturated rings. The van der Waals surface area contributed by atoms with Crippen molar-refractivity contribution in [2.24, 2.45) is 5.92 Å². The van der Waals surface area contributed by atoms with Gasteiger partial charge in [-0.15, -0.1) is 0 Å². The molecule has 0 aromatic carbocycles. The summed E-state index contributed by atoms with van der Waals surface area (Å²) in [4.78, 5) is 27.6. The standard InChI is InChI=1S/C15H18N2O4/c1-8(18)16-14-12-7-21-6-11(12)10-5-9(15(19)20-2)3-4-13(10)17-14/h9H,3-7H2,1-2H3,(H,16,17,18)/t9-/m0/s1. The second-order valence-corrected chi connectivity index (χ2v) is 5.48. The number of pyridine rings is 1. The van der Waals surface area contributed by atoms with Crippen molar-refractivity contribution >= 4 is 17.7 Å². The molecule has 0 spiro atoms. The highest BCUT2D eigenvalue weighted by atomic mass is 16.5. The second-order valence-electron chi connectivity index (χ2n) is 5.48. The van der Waals surface area contributed by atoms with E-state index in [-0.39, 0.29) is 17.8 Å². The zero-order valence-corrected chi connectivity index (χ0v) is 12.2. The fraction of sp³-hybridized carbons (Fsp3) is 0.533. The fourth-order valence-corrected chi connectivity index (χ4v) is 3.10. The summed E-state index contributed by atoms with van der Waals surface area (Å²) < 4.78 is 10.4. The van der Waals surface area contributed by atoms with Crippen LogP contribution in [0.2, 0.25) is 0 Å². The van der Waals surface area contributed by atoms with Gasteiger partial charge in [0.2, 0.25) is 5.91 Å². The highest BCUT2D eigenvalue weighted by Crippen LogP contribution is 2.36. The molecular weight excluding hydrogens is 272 g/mol. The number of ether oxygens (including phenoxy) is 2. The summed E-state index contributed by atoms with van der Waals surface area (Å²) in [6, 6.07) is 0. The average molecular weight is 290 g/mol. The van der Waals surface area contributed by atoms with E-state index in [1.54, 1.807) is 0 Å². The van der Waals surface area contributed by atoms with Gasteiger partial charge >= 0.3 is 5.97 Å². The molecule has 21 heavy (non-hydrogen) atoms. The van der Waals surface area contributed by atoms with Gasteiger partial charge in [0.25, 0.3) is 0 Å². The smallest absolute Gasteiger partial charge is 0.309 e. The van der Waals surface area contributed by atoms with Crippen LogP contribution in [-0.4, -0.2) is 24.0 Å². The molecule has 3 rings (SSSR count). The Balaban J connectivity index is 1.99. The van der Waals surface area contributed by atoms with Crippen molar-refractivity contribution in [1.82, 2.24) is 4.98 Å². The minimum atomic E-state index is -0.167. The summed E-state index contributed by atoms with van der Waals surface area (Å²) in [7, 11) is 1.42. The van der Waals surface area contributed by atoms with E-state index in [0.717, 1.165) is 35.2 Å². The topological polar surface area (TPSA) is 77.5 Å². The fourth-order valence-electron chi connectivity index (χ4n) is 3.10. The number of rotatable bonds is 2. The van der Waals surface area contributed by atoms with Crippen LogP contribution in [0.5, 0.6) is 0 Å². The first-order valence-corrected chi connectivity index (χ1v) is 7.06. The number of anilines is 1. The number of fused-ring (bicyclic) bond motifs is 3. The van der Waals surface area contributed by atoms with Gasteiger partial charge in [-0.2, -0.15) is 0 Å². The van der Waals surface area contributed by atoms with E-state index in [4.69, 9.17) is 9.47 Å². The molecule has 1 N–H and O–H groups in total. The first kappa shape index (κ1) is 14.0. The van der Waals surface area contributed by atoms with Gasteiger partial charge in [-0.3, -0.25) is 9.59 Å². The zero-order valence-electron chi connectivity index (χ0n) is 12.2. The number of nitrogens with zero attached hydrogens (tertiary/aromatic N) is 1. The van der Waals surface area contributed by atoms with Gasteiger partial charge in [0, 0.05) is 18.2 Å². The normalized spacial score (nSPS) is 19.6. The maximum absolute atomic E-state index is 11.8. The van der Waals surface area contributed by atoms with Crippen LogP contribution in [0, 0.1) is 5.92 Å². The zero-order chi connectivity index (χ0) is 15.0. The van der Waals surface area contributed by atoms with Crippen molar-refractivity contribution in [2.75, 3.05) is 12.4 Å². The molecule has 1 aliphatic heterocycles. The van der Waals surface area contributed by atoms with Crippen LogP contribution in [0.4, 0.5) is 5.82 Å². The number of hydrogen-bond donors (Lipinski definition) is 1. The Kier molecular flexibility index (Phi) is 3.63. The Bertz CT molecular complexity index is 612. The number of methoxy groups -OCH3 is 1. The van der Waals surface area contributed by atoms with Crippen LogP contribution >= 0.6 is 0 Å². The first-order chi connectivity index (χ1) is 10.1. The third-order valence-electron chi connectivity index (χ3n) is 4.11. The molecule has 0 saturated carbocycles. The van der Waals surface area contributed by atoms with E-state index in [9.17, 15) is 9.59 Å². The highest BCUT2D eigenvalue weighted by Gasteiger charge is 2.32. The Morgan fingerprint density at radius 3 is 2.76 bits per heavy atom. The largest absolute Gasteiger partial charge is 0.469 e. The van der Waals surface area contributed by atoms with Crippen molar-refractivity contribution in [2.45, 2.75) is 39.4 Å². The van der Waals surface area contributed by atoms with Crippen LogP contribution in [0.1, 0.15) is 35.7 Å². The summed E-state index contributed by atoms with van der Waals surface area (Å²) in [6.07, 6.45) is 2.09. The predicted octanol–water partition coefficient (Wildman–Crippen LogP) is 1.35. The third-order valence-corrected chi connectivity index (χ3v) is 4.11. The Morgan fingerprint density at radius 1 is 1.29 bits per heavy atom. The molecule has 6 heteroatoms. The molecule has 2 aliphatic rings. The summed E-state index contributed by atoms with van der Waals surface area (Å²) in [5, 5.41) is 2.78. The van der Waals surface area contributed by atoms with E-state index in [1.807, 2.05) is 0 Å². The van der Waals surface area contributed by atoms with Gasteiger partial charge in [-0.25, -0.2) is 4.98 Å². The van der Waals surface area contributed by atoms with E-state index in [0.29, 0.717) is 25.5 Å². The van der Waals surface area contributed by atoms with Gasteiger partial charge in [-0.05, 0) is 30.4 Å². The number of aryl methyl sites for hydroxylation is 1. The van der Waals surface area contributed by atoms with Gasteiger partial charge in [-0.1, -0.05) is 0 Å². The first-order valence-electron chi connectivity index (χ1n) is 7.06. The third kappa shape index (κ3) is 2.51. The number of amides is 1. The van der Waals surface area contributed by atoms with Crippen LogP contribution < -0.4 is 5.32 Å². The number of hydrogen-bond acceptors (Lipinski definition) is 5. The van der Waals surface area contributed by atoms with E-state index in [2.05, 4.69) is 10.3 Å². The number of nitrogens with one attached hydrogen (secondary N) is 1. The molecule has 1 aliphatic carbocycles. The lowest BCUT2D eigenvalue weighted by Crippen LogP contribution is -2.26. The van der Waals surface area contributed by atoms with Gasteiger partial charge in [0.1, 0.15) is 5.82 Å². The predicted molar refractivity (Wildman–Crippen MR) is 74.6 cm³/mol. The number of carbonyl (C=O) groups is 2. The van der Waals surface area contributed by atoms with Crippen LogP contribution in [0.25, 0.3) is 0 Å². The SMILES string of the molecule is COC(=O)[C@H]1CCc2nc(NC(C)=O)c3c(c2C1)COC3. The van der Waals surface area contributed by atoms with Gasteiger partial charge in [0.05, 0.1) is 26.2 Å².